The van der Waals surface area contributed by atoms with Gasteiger partial charge in [-0.05, 0) is 32.6 Å². The van der Waals surface area contributed by atoms with E-state index in [0.717, 1.165) is 26.0 Å². The van der Waals surface area contributed by atoms with Crippen molar-refractivity contribution in [3.05, 3.63) is 0 Å². The fourth-order valence-corrected chi connectivity index (χ4v) is 2.11. The quantitative estimate of drug-likeness (QED) is 0.707. The molecular weight excluding hydrogens is 178 g/mol. The molecule has 3 heteroatoms. The van der Waals surface area contributed by atoms with Crippen molar-refractivity contribution in [3.8, 4) is 0 Å². The second kappa shape index (κ2) is 4.17. The SMILES string of the molecule is CC1CC(NCC2(CO)CC2)CCO1. The molecule has 0 aromatic carbocycles. The van der Waals surface area contributed by atoms with Gasteiger partial charge in [-0.3, -0.25) is 0 Å². The van der Waals surface area contributed by atoms with Gasteiger partial charge in [-0.25, -0.2) is 0 Å². The summed E-state index contributed by atoms with van der Waals surface area (Å²) in [5, 5.41) is 12.7. The van der Waals surface area contributed by atoms with Crippen LogP contribution in [0, 0.1) is 5.41 Å². The van der Waals surface area contributed by atoms with E-state index in [1.165, 1.54) is 12.8 Å². The van der Waals surface area contributed by atoms with Crippen LogP contribution < -0.4 is 5.32 Å². The van der Waals surface area contributed by atoms with Crippen LogP contribution in [0.4, 0.5) is 0 Å². The predicted octanol–water partition coefficient (Wildman–Crippen LogP) is 0.916. The Bertz CT molecular complexity index is 192. The van der Waals surface area contributed by atoms with Crippen LogP contribution in [0.3, 0.4) is 0 Å². The Hall–Kier alpha value is -0.120. The summed E-state index contributed by atoms with van der Waals surface area (Å²) in [7, 11) is 0. The van der Waals surface area contributed by atoms with Crippen LogP contribution in [0.5, 0.6) is 0 Å². The standard InChI is InChI=1S/C11H21NO2/c1-9-6-10(2-5-14-9)12-7-11(8-13)3-4-11/h9-10,12-13H,2-8H2,1H3. The molecule has 2 fully saturated rings. The average molecular weight is 199 g/mol. The van der Waals surface area contributed by atoms with Gasteiger partial charge in [-0.2, -0.15) is 0 Å². The molecule has 82 valence electrons. The largest absolute Gasteiger partial charge is 0.396 e. The summed E-state index contributed by atoms with van der Waals surface area (Å²) in [5.74, 6) is 0. The van der Waals surface area contributed by atoms with Gasteiger partial charge in [0.25, 0.3) is 0 Å². The van der Waals surface area contributed by atoms with E-state index in [4.69, 9.17) is 4.74 Å². The zero-order valence-corrected chi connectivity index (χ0v) is 8.96. The number of aliphatic hydroxyl groups excluding tert-OH is 1. The van der Waals surface area contributed by atoms with Crippen LogP contribution in [0.25, 0.3) is 0 Å². The van der Waals surface area contributed by atoms with Crippen molar-refractivity contribution < 1.29 is 9.84 Å². The highest BCUT2D eigenvalue weighted by Gasteiger charge is 2.42. The molecule has 0 amide bonds. The zero-order chi connectivity index (χ0) is 10.0. The van der Waals surface area contributed by atoms with E-state index in [1.54, 1.807) is 0 Å². The Morgan fingerprint density at radius 1 is 1.50 bits per heavy atom. The van der Waals surface area contributed by atoms with Gasteiger partial charge in [0.2, 0.25) is 0 Å². The number of hydrogen-bond donors (Lipinski definition) is 2. The van der Waals surface area contributed by atoms with Crippen molar-refractivity contribution >= 4 is 0 Å². The van der Waals surface area contributed by atoms with Crippen LogP contribution in [0.1, 0.15) is 32.6 Å². The minimum absolute atomic E-state index is 0.238. The van der Waals surface area contributed by atoms with Crippen LogP contribution in [-0.4, -0.2) is 37.0 Å². The number of ether oxygens (including phenoxy) is 1. The minimum atomic E-state index is 0.238. The number of nitrogens with one attached hydrogen (secondary N) is 1. The second-order valence-corrected chi connectivity index (χ2v) is 4.94. The number of aliphatic hydroxyl groups is 1. The van der Waals surface area contributed by atoms with Crippen LogP contribution >= 0.6 is 0 Å². The first kappa shape index (κ1) is 10.4. The average Bonchev–Trinajstić information content (AvgIpc) is 2.96. The lowest BCUT2D eigenvalue weighted by atomic mass is 10.0. The van der Waals surface area contributed by atoms with Crippen molar-refractivity contribution in [2.24, 2.45) is 5.41 Å². The highest BCUT2D eigenvalue weighted by atomic mass is 16.5. The minimum Gasteiger partial charge on any atom is -0.396 e. The lowest BCUT2D eigenvalue weighted by molar-refractivity contribution is 0.0119. The van der Waals surface area contributed by atoms with E-state index >= 15 is 0 Å². The fraction of sp³-hybridized carbons (Fsp3) is 1.00. The van der Waals surface area contributed by atoms with E-state index in [0.29, 0.717) is 18.8 Å². The Morgan fingerprint density at radius 3 is 2.86 bits per heavy atom. The summed E-state index contributed by atoms with van der Waals surface area (Å²) in [4.78, 5) is 0. The molecule has 0 spiro atoms. The molecule has 2 atom stereocenters. The molecule has 1 aliphatic heterocycles. The first-order valence-corrected chi connectivity index (χ1v) is 5.70. The van der Waals surface area contributed by atoms with E-state index in [2.05, 4.69) is 12.2 Å². The topological polar surface area (TPSA) is 41.5 Å². The van der Waals surface area contributed by atoms with Crippen LogP contribution in [0.15, 0.2) is 0 Å². The summed E-state index contributed by atoms with van der Waals surface area (Å²) < 4.78 is 5.49. The van der Waals surface area contributed by atoms with Gasteiger partial charge in [0.1, 0.15) is 0 Å². The smallest absolute Gasteiger partial charge is 0.0561 e. The molecule has 0 aromatic heterocycles. The normalized spacial score (nSPS) is 35.6. The van der Waals surface area contributed by atoms with Gasteiger partial charge in [0.15, 0.2) is 0 Å². The maximum atomic E-state index is 9.17. The van der Waals surface area contributed by atoms with Crippen LogP contribution in [0.2, 0.25) is 0 Å². The number of rotatable bonds is 4. The lowest BCUT2D eigenvalue weighted by Gasteiger charge is -2.29. The zero-order valence-electron chi connectivity index (χ0n) is 8.96. The van der Waals surface area contributed by atoms with E-state index in [-0.39, 0.29) is 5.41 Å². The van der Waals surface area contributed by atoms with Crippen molar-refractivity contribution in [1.29, 1.82) is 0 Å². The molecule has 14 heavy (non-hydrogen) atoms. The molecule has 2 unspecified atom stereocenters. The Labute approximate surface area is 85.8 Å². The highest BCUT2D eigenvalue weighted by molar-refractivity contribution is 4.95. The molecule has 3 nitrogen and oxygen atoms in total. The molecule has 0 bridgehead atoms. The Balaban J connectivity index is 1.69. The monoisotopic (exact) mass is 199 g/mol. The summed E-state index contributed by atoms with van der Waals surface area (Å²) in [6.45, 7) is 4.34. The second-order valence-electron chi connectivity index (χ2n) is 4.94. The molecule has 1 aliphatic carbocycles. The van der Waals surface area contributed by atoms with Crippen molar-refractivity contribution in [1.82, 2.24) is 5.32 Å². The lowest BCUT2D eigenvalue weighted by Crippen LogP contribution is -2.41. The molecule has 0 radical (unpaired) electrons. The van der Waals surface area contributed by atoms with Gasteiger partial charge in [-0.15, -0.1) is 0 Å². The molecule has 2 N–H and O–H groups in total. The molecule has 1 heterocycles. The highest BCUT2D eigenvalue weighted by Crippen LogP contribution is 2.44. The summed E-state index contributed by atoms with van der Waals surface area (Å²) in [6.07, 6.45) is 5.00. The van der Waals surface area contributed by atoms with Gasteiger partial charge < -0.3 is 15.2 Å². The van der Waals surface area contributed by atoms with E-state index in [9.17, 15) is 5.11 Å². The van der Waals surface area contributed by atoms with Gasteiger partial charge >= 0.3 is 0 Å². The predicted molar refractivity (Wildman–Crippen MR) is 55.2 cm³/mol. The maximum Gasteiger partial charge on any atom is 0.0561 e. The number of hydrogen-bond acceptors (Lipinski definition) is 3. The van der Waals surface area contributed by atoms with Crippen molar-refractivity contribution in [2.75, 3.05) is 19.8 Å². The molecule has 0 aromatic rings. The molecule has 1 saturated heterocycles. The van der Waals surface area contributed by atoms with E-state index in [1.807, 2.05) is 0 Å². The third-order valence-corrected chi connectivity index (χ3v) is 3.54. The Kier molecular flexibility index (Phi) is 3.10. The van der Waals surface area contributed by atoms with E-state index < -0.39 is 0 Å². The molecular formula is C11H21NO2. The summed E-state index contributed by atoms with van der Waals surface area (Å²) in [5.41, 5.74) is 0.238. The Morgan fingerprint density at radius 2 is 2.29 bits per heavy atom. The van der Waals surface area contributed by atoms with Gasteiger partial charge in [0.05, 0.1) is 6.10 Å². The third kappa shape index (κ3) is 2.47. The van der Waals surface area contributed by atoms with Crippen molar-refractivity contribution in [2.45, 2.75) is 44.8 Å². The third-order valence-electron chi connectivity index (χ3n) is 3.54. The molecule has 2 aliphatic rings. The molecule has 1 saturated carbocycles. The maximum absolute atomic E-state index is 9.17. The fourth-order valence-electron chi connectivity index (χ4n) is 2.11. The summed E-state index contributed by atoms with van der Waals surface area (Å²) in [6, 6.07) is 0.600. The van der Waals surface area contributed by atoms with Crippen LogP contribution in [-0.2, 0) is 4.74 Å². The first-order chi connectivity index (χ1) is 6.74. The van der Waals surface area contributed by atoms with Gasteiger partial charge in [0, 0.05) is 31.2 Å². The van der Waals surface area contributed by atoms with Gasteiger partial charge in [-0.1, -0.05) is 0 Å². The first-order valence-electron chi connectivity index (χ1n) is 5.70. The summed E-state index contributed by atoms with van der Waals surface area (Å²) >= 11 is 0. The van der Waals surface area contributed by atoms with Crippen molar-refractivity contribution in [3.63, 3.8) is 0 Å². The molecule has 2 rings (SSSR count).